The molecule has 0 aromatic heterocycles. The van der Waals surface area contributed by atoms with Crippen LogP contribution in [0.4, 0.5) is 5.69 Å². The third-order valence-corrected chi connectivity index (χ3v) is 4.58. The van der Waals surface area contributed by atoms with E-state index in [2.05, 4.69) is 5.32 Å². The highest BCUT2D eigenvalue weighted by Crippen LogP contribution is 2.20. The third-order valence-electron chi connectivity index (χ3n) is 3.43. The van der Waals surface area contributed by atoms with Gasteiger partial charge >= 0.3 is 0 Å². The molecule has 0 aliphatic heterocycles. The number of sulfone groups is 1. The lowest BCUT2D eigenvalue weighted by Crippen LogP contribution is -2.21. The van der Waals surface area contributed by atoms with Gasteiger partial charge in [-0.2, -0.15) is 0 Å². The molecular weight excluding hydrogens is 342 g/mol. The summed E-state index contributed by atoms with van der Waals surface area (Å²) in [5.41, 5.74) is 0.795. The third kappa shape index (κ3) is 5.15. The zero-order valence-corrected chi connectivity index (χ0v) is 14.8. The van der Waals surface area contributed by atoms with Crippen molar-refractivity contribution >= 4 is 27.2 Å². The minimum atomic E-state index is -3.45. The van der Waals surface area contributed by atoms with Gasteiger partial charge in [0.1, 0.15) is 5.75 Å². The SMILES string of the molecule is CCC(=O)c1ccc(OCC(=O)Nc2ccccc2S(C)(=O)=O)cc1. The van der Waals surface area contributed by atoms with E-state index in [1.54, 1.807) is 43.3 Å². The molecule has 0 bridgehead atoms. The predicted octanol–water partition coefficient (Wildman–Crippen LogP) is 2.70. The van der Waals surface area contributed by atoms with Crippen molar-refractivity contribution in [1.82, 2.24) is 0 Å². The van der Waals surface area contributed by atoms with E-state index >= 15 is 0 Å². The van der Waals surface area contributed by atoms with Crippen molar-refractivity contribution in [1.29, 1.82) is 0 Å². The Hall–Kier alpha value is -2.67. The molecule has 1 N–H and O–H groups in total. The fourth-order valence-electron chi connectivity index (χ4n) is 2.17. The van der Waals surface area contributed by atoms with Crippen molar-refractivity contribution in [2.75, 3.05) is 18.2 Å². The van der Waals surface area contributed by atoms with Gasteiger partial charge in [-0.1, -0.05) is 19.1 Å². The molecule has 0 heterocycles. The van der Waals surface area contributed by atoms with Gasteiger partial charge < -0.3 is 10.1 Å². The van der Waals surface area contributed by atoms with Crippen molar-refractivity contribution in [3.63, 3.8) is 0 Å². The number of amides is 1. The number of hydrogen-bond acceptors (Lipinski definition) is 5. The summed E-state index contributed by atoms with van der Waals surface area (Å²) in [5, 5.41) is 2.53. The van der Waals surface area contributed by atoms with Crippen LogP contribution in [0.1, 0.15) is 23.7 Å². The first-order valence-corrected chi connectivity index (χ1v) is 9.55. The van der Waals surface area contributed by atoms with Gasteiger partial charge in [-0.05, 0) is 36.4 Å². The van der Waals surface area contributed by atoms with Gasteiger partial charge in [-0.25, -0.2) is 8.42 Å². The van der Waals surface area contributed by atoms with E-state index in [4.69, 9.17) is 4.74 Å². The quantitative estimate of drug-likeness (QED) is 0.766. The first-order valence-electron chi connectivity index (χ1n) is 7.66. The van der Waals surface area contributed by atoms with Gasteiger partial charge in [0.2, 0.25) is 0 Å². The maximum Gasteiger partial charge on any atom is 0.262 e. The molecule has 2 rings (SSSR count). The summed E-state index contributed by atoms with van der Waals surface area (Å²) in [6.07, 6.45) is 1.50. The van der Waals surface area contributed by atoms with Crippen LogP contribution in [-0.2, 0) is 14.6 Å². The lowest BCUT2D eigenvalue weighted by atomic mass is 10.1. The van der Waals surface area contributed by atoms with Crippen LogP contribution in [0.3, 0.4) is 0 Å². The zero-order valence-electron chi connectivity index (χ0n) is 14.0. The van der Waals surface area contributed by atoms with E-state index < -0.39 is 15.7 Å². The molecule has 0 aliphatic carbocycles. The molecule has 0 fully saturated rings. The summed E-state index contributed by atoms with van der Waals surface area (Å²) in [5.74, 6) is -0.00862. The van der Waals surface area contributed by atoms with Crippen LogP contribution >= 0.6 is 0 Å². The molecule has 2 aromatic carbocycles. The zero-order chi connectivity index (χ0) is 18.4. The number of nitrogens with one attached hydrogen (secondary N) is 1. The molecule has 0 radical (unpaired) electrons. The molecule has 7 heteroatoms. The molecular formula is C18H19NO5S. The molecule has 1 amide bonds. The van der Waals surface area contributed by atoms with Crippen molar-refractivity contribution in [2.45, 2.75) is 18.2 Å². The minimum absolute atomic E-state index is 0.0293. The number of carbonyl (C=O) groups excluding carboxylic acids is 2. The van der Waals surface area contributed by atoms with E-state index in [1.807, 2.05) is 0 Å². The first kappa shape index (κ1) is 18.7. The van der Waals surface area contributed by atoms with Crippen molar-refractivity contribution in [2.24, 2.45) is 0 Å². The predicted molar refractivity (Wildman–Crippen MR) is 94.7 cm³/mol. The van der Waals surface area contributed by atoms with E-state index in [0.29, 0.717) is 17.7 Å². The molecule has 6 nitrogen and oxygen atoms in total. The van der Waals surface area contributed by atoms with Gasteiger partial charge in [0.25, 0.3) is 5.91 Å². The number of para-hydroxylation sites is 1. The number of benzene rings is 2. The molecule has 25 heavy (non-hydrogen) atoms. The smallest absolute Gasteiger partial charge is 0.262 e. The summed E-state index contributed by atoms with van der Waals surface area (Å²) in [6.45, 7) is 1.50. The Morgan fingerprint density at radius 3 is 2.28 bits per heavy atom. The van der Waals surface area contributed by atoms with Gasteiger partial charge in [0, 0.05) is 18.2 Å². The molecule has 0 atom stereocenters. The Bertz CT molecular complexity index is 873. The Morgan fingerprint density at radius 1 is 1.04 bits per heavy atom. The van der Waals surface area contributed by atoms with E-state index in [0.717, 1.165) is 6.26 Å². The number of ketones is 1. The second-order valence-electron chi connectivity index (χ2n) is 5.41. The second kappa shape index (κ2) is 7.94. The summed E-state index contributed by atoms with van der Waals surface area (Å²) in [4.78, 5) is 23.6. The normalized spacial score (nSPS) is 11.0. The van der Waals surface area contributed by atoms with Gasteiger partial charge in [-0.3, -0.25) is 9.59 Å². The Kier molecular flexibility index (Phi) is 5.93. The Labute approximate surface area is 146 Å². The highest BCUT2D eigenvalue weighted by molar-refractivity contribution is 7.90. The molecule has 2 aromatic rings. The van der Waals surface area contributed by atoms with Crippen LogP contribution in [0.25, 0.3) is 0 Å². The number of Topliss-reactive ketones (excluding diaryl/α,β-unsaturated/α-hetero) is 1. The Morgan fingerprint density at radius 2 is 1.68 bits per heavy atom. The van der Waals surface area contributed by atoms with Gasteiger partial charge in [-0.15, -0.1) is 0 Å². The van der Waals surface area contributed by atoms with Crippen LogP contribution in [0, 0.1) is 0 Å². The van der Waals surface area contributed by atoms with Crippen molar-refractivity contribution in [3.05, 3.63) is 54.1 Å². The molecule has 0 spiro atoms. The summed E-state index contributed by atoms with van der Waals surface area (Å²) < 4.78 is 28.8. The monoisotopic (exact) mass is 361 g/mol. The maximum atomic E-state index is 12.0. The molecule has 0 saturated carbocycles. The number of ether oxygens (including phenoxy) is 1. The van der Waals surface area contributed by atoms with Crippen LogP contribution in [0.15, 0.2) is 53.4 Å². The highest BCUT2D eigenvalue weighted by Gasteiger charge is 2.14. The van der Waals surface area contributed by atoms with Gasteiger partial charge in [0.15, 0.2) is 22.2 Å². The fourth-order valence-corrected chi connectivity index (χ4v) is 3.01. The van der Waals surface area contributed by atoms with E-state index in [1.165, 1.54) is 12.1 Å². The topological polar surface area (TPSA) is 89.5 Å². The largest absolute Gasteiger partial charge is 0.484 e. The molecule has 0 unspecified atom stereocenters. The summed E-state index contributed by atoms with van der Waals surface area (Å²) in [7, 11) is -3.45. The number of anilines is 1. The average Bonchev–Trinajstić information content (AvgIpc) is 2.59. The lowest BCUT2D eigenvalue weighted by Gasteiger charge is -2.10. The van der Waals surface area contributed by atoms with E-state index in [-0.39, 0.29) is 23.0 Å². The Balaban J connectivity index is 1.99. The second-order valence-corrected chi connectivity index (χ2v) is 7.39. The standard InChI is InChI=1S/C18H19NO5S/c1-3-16(20)13-8-10-14(11-9-13)24-12-18(21)19-15-6-4-5-7-17(15)25(2,22)23/h4-11H,3,12H2,1-2H3,(H,19,21). The number of hydrogen-bond donors (Lipinski definition) is 1. The van der Waals surface area contributed by atoms with Crippen LogP contribution in [-0.4, -0.2) is 33.0 Å². The summed E-state index contributed by atoms with van der Waals surface area (Å²) in [6, 6.07) is 12.7. The highest BCUT2D eigenvalue weighted by atomic mass is 32.2. The molecule has 0 aliphatic rings. The maximum absolute atomic E-state index is 12.0. The van der Waals surface area contributed by atoms with Crippen LogP contribution in [0.5, 0.6) is 5.75 Å². The fraction of sp³-hybridized carbons (Fsp3) is 0.222. The van der Waals surface area contributed by atoms with Crippen molar-refractivity contribution in [3.8, 4) is 5.75 Å². The minimum Gasteiger partial charge on any atom is -0.484 e. The van der Waals surface area contributed by atoms with E-state index in [9.17, 15) is 18.0 Å². The first-order chi connectivity index (χ1) is 11.8. The lowest BCUT2D eigenvalue weighted by molar-refractivity contribution is -0.118. The van der Waals surface area contributed by atoms with Crippen molar-refractivity contribution < 1.29 is 22.7 Å². The van der Waals surface area contributed by atoms with Crippen LogP contribution < -0.4 is 10.1 Å². The number of rotatable bonds is 7. The molecule has 132 valence electrons. The average molecular weight is 361 g/mol. The summed E-state index contributed by atoms with van der Waals surface area (Å²) >= 11 is 0. The molecule has 0 saturated heterocycles. The number of carbonyl (C=O) groups is 2. The van der Waals surface area contributed by atoms with Crippen LogP contribution in [0.2, 0.25) is 0 Å². The van der Waals surface area contributed by atoms with Gasteiger partial charge in [0.05, 0.1) is 10.6 Å².